The molecule has 0 saturated carbocycles. The van der Waals surface area contributed by atoms with E-state index in [4.69, 9.17) is 21.1 Å². The van der Waals surface area contributed by atoms with Crippen molar-refractivity contribution in [2.75, 3.05) is 19.5 Å². The Morgan fingerprint density at radius 1 is 1.10 bits per heavy atom. The van der Waals surface area contributed by atoms with Crippen LogP contribution in [0.3, 0.4) is 0 Å². The lowest BCUT2D eigenvalue weighted by Crippen LogP contribution is -2.11. The molecule has 1 amide bonds. The summed E-state index contributed by atoms with van der Waals surface area (Å²) in [6, 6.07) is 12.0. The third kappa shape index (κ3) is 4.35. The number of hydrogen-bond donors (Lipinski definition) is 1. The second kappa shape index (κ2) is 8.70. The molecule has 4 rings (SSSR count). The van der Waals surface area contributed by atoms with Crippen LogP contribution in [0.15, 0.2) is 42.5 Å². The van der Waals surface area contributed by atoms with Gasteiger partial charge in [-0.2, -0.15) is 9.36 Å². The summed E-state index contributed by atoms with van der Waals surface area (Å²) in [5.74, 6) is 1.33. The first-order valence-corrected chi connectivity index (χ1v) is 10.2. The lowest BCUT2D eigenvalue weighted by Gasteiger charge is -2.09. The maximum atomic E-state index is 12.4. The minimum atomic E-state index is -0.303. The number of benzene rings is 2. The van der Waals surface area contributed by atoms with Crippen LogP contribution in [0.5, 0.6) is 11.5 Å². The highest BCUT2D eigenvalue weighted by atomic mass is 35.5. The number of carbonyl (C=O) groups excluding carboxylic acids is 1. The molecule has 0 aliphatic carbocycles. The number of ether oxygens (including phenoxy) is 2. The molecule has 11 heteroatoms. The Morgan fingerprint density at radius 2 is 1.77 bits per heavy atom. The Labute approximate surface area is 186 Å². The van der Waals surface area contributed by atoms with Crippen LogP contribution >= 0.6 is 23.1 Å². The number of hydrogen-bond acceptors (Lipinski definition) is 8. The average Bonchev–Trinajstić information content (AvgIpc) is 3.39. The molecule has 0 bridgehead atoms. The molecule has 158 valence electrons. The van der Waals surface area contributed by atoms with Crippen molar-refractivity contribution in [2.45, 2.75) is 6.92 Å². The molecule has 0 radical (unpaired) electrons. The molecule has 31 heavy (non-hydrogen) atoms. The molecule has 2 aromatic heterocycles. The Balaban J connectivity index is 1.58. The van der Waals surface area contributed by atoms with Crippen LogP contribution in [0.4, 0.5) is 5.13 Å². The summed E-state index contributed by atoms with van der Waals surface area (Å²) in [5.41, 5.74) is 2.42. The predicted octanol–water partition coefficient (Wildman–Crippen LogP) is 4.02. The van der Waals surface area contributed by atoms with Crippen LogP contribution in [0, 0.1) is 6.92 Å². The molecule has 2 heterocycles. The van der Waals surface area contributed by atoms with Gasteiger partial charge < -0.3 is 9.47 Å². The molecule has 0 saturated heterocycles. The summed E-state index contributed by atoms with van der Waals surface area (Å²) in [7, 11) is 3.16. The highest BCUT2D eigenvalue weighted by molar-refractivity contribution is 7.10. The summed E-state index contributed by atoms with van der Waals surface area (Å²) in [6.07, 6.45) is 0. The van der Waals surface area contributed by atoms with Crippen molar-refractivity contribution in [1.29, 1.82) is 0 Å². The van der Waals surface area contributed by atoms with Gasteiger partial charge in [-0.1, -0.05) is 16.8 Å². The zero-order valence-corrected chi connectivity index (χ0v) is 18.4. The molecule has 0 spiro atoms. The van der Waals surface area contributed by atoms with Gasteiger partial charge in [-0.25, -0.2) is 4.68 Å². The van der Waals surface area contributed by atoms with Gasteiger partial charge in [0.05, 0.1) is 25.6 Å². The summed E-state index contributed by atoms with van der Waals surface area (Å²) in [4.78, 5) is 16.8. The molecule has 0 aliphatic rings. The number of rotatable bonds is 6. The topological polar surface area (TPSA) is 104 Å². The quantitative estimate of drug-likeness (QED) is 0.467. The predicted molar refractivity (Wildman–Crippen MR) is 118 cm³/mol. The van der Waals surface area contributed by atoms with Crippen molar-refractivity contribution >= 4 is 34.2 Å². The lowest BCUT2D eigenvalue weighted by atomic mass is 10.2. The third-order valence-electron chi connectivity index (χ3n) is 4.44. The number of anilines is 1. The summed E-state index contributed by atoms with van der Waals surface area (Å²) >= 11 is 6.92. The first-order chi connectivity index (χ1) is 15.0. The average molecular weight is 457 g/mol. The van der Waals surface area contributed by atoms with Gasteiger partial charge in [0.25, 0.3) is 5.91 Å². The van der Waals surface area contributed by atoms with Crippen molar-refractivity contribution in [3.05, 3.63) is 58.7 Å². The van der Waals surface area contributed by atoms with E-state index in [-0.39, 0.29) is 5.91 Å². The highest BCUT2D eigenvalue weighted by Gasteiger charge is 2.18. The second-order valence-corrected chi connectivity index (χ2v) is 7.58. The third-order valence-corrected chi connectivity index (χ3v) is 5.32. The first-order valence-electron chi connectivity index (χ1n) is 9.05. The number of methoxy groups -OCH3 is 2. The number of nitrogens with one attached hydrogen (secondary N) is 1. The molecule has 0 aliphatic heterocycles. The van der Waals surface area contributed by atoms with E-state index in [0.29, 0.717) is 38.7 Å². The molecule has 0 atom stereocenters. The van der Waals surface area contributed by atoms with Gasteiger partial charge in [-0.15, -0.1) is 5.10 Å². The minimum Gasteiger partial charge on any atom is -0.497 e. The fourth-order valence-electron chi connectivity index (χ4n) is 2.84. The Hall–Kier alpha value is -3.50. The number of nitrogens with zero attached hydrogens (tertiary/aromatic N) is 5. The van der Waals surface area contributed by atoms with Crippen LogP contribution in [-0.2, 0) is 0 Å². The van der Waals surface area contributed by atoms with Crippen molar-refractivity contribution < 1.29 is 14.3 Å². The fraction of sp³-hybridized carbons (Fsp3) is 0.150. The highest BCUT2D eigenvalue weighted by Crippen LogP contribution is 2.28. The SMILES string of the molecule is COc1cc(OC)cc(-n2nnc(-c3nsc(NC(=O)c4ccc(Cl)cc4)n3)c2C)c1. The van der Waals surface area contributed by atoms with E-state index in [1.807, 2.05) is 19.1 Å². The van der Waals surface area contributed by atoms with Gasteiger partial charge >= 0.3 is 0 Å². The largest absolute Gasteiger partial charge is 0.497 e. The molecule has 4 aromatic rings. The van der Waals surface area contributed by atoms with Crippen LogP contribution in [0.1, 0.15) is 16.1 Å². The molecular weight excluding hydrogens is 440 g/mol. The molecule has 1 N–H and O–H groups in total. The van der Waals surface area contributed by atoms with Crippen molar-refractivity contribution in [3.8, 4) is 28.7 Å². The maximum absolute atomic E-state index is 12.4. The first kappa shape index (κ1) is 20.8. The Bertz CT molecular complexity index is 1220. The van der Waals surface area contributed by atoms with Gasteiger partial charge in [0, 0.05) is 40.3 Å². The summed E-state index contributed by atoms with van der Waals surface area (Å²) < 4.78 is 16.6. The van der Waals surface area contributed by atoms with Crippen LogP contribution < -0.4 is 14.8 Å². The number of carbonyl (C=O) groups is 1. The van der Waals surface area contributed by atoms with Gasteiger partial charge in [-0.3, -0.25) is 10.1 Å². The number of halogens is 1. The fourth-order valence-corrected chi connectivity index (χ4v) is 3.53. The van der Waals surface area contributed by atoms with E-state index < -0.39 is 0 Å². The van der Waals surface area contributed by atoms with Crippen molar-refractivity contribution in [2.24, 2.45) is 0 Å². The van der Waals surface area contributed by atoms with E-state index in [9.17, 15) is 4.79 Å². The van der Waals surface area contributed by atoms with Gasteiger partial charge in [0.1, 0.15) is 11.5 Å². The van der Waals surface area contributed by atoms with E-state index in [1.165, 1.54) is 0 Å². The van der Waals surface area contributed by atoms with E-state index in [2.05, 4.69) is 25.0 Å². The standard InChI is InChI=1S/C20H17ClN6O3S/c1-11-17(24-26-27(11)14-8-15(29-2)10-16(9-14)30-3)18-22-20(31-25-18)23-19(28)12-4-6-13(21)7-5-12/h4-10H,1-3H3,(H,22,23,25,28). The molecule has 2 aromatic carbocycles. The maximum Gasteiger partial charge on any atom is 0.257 e. The Kier molecular flexibility index (Phi) is 5.83. The smallest absolute Gasteiger partial charge is 0.257 e. The summed E-state index contributed by atoms with van der Waals surface area (Å²) in [5, 5.41) is 12.1. The monoisotopic (exact) mass is 456 g/mol. The normalized spacial score (nSPS) is 10.7. The van der Waals surface area contributed by atoms with Crippen molar-refractivity contribution in [1.82, 2.24) is 24.4 Å². The molecular formula is C20H17ClN6O3S. The van der Waals surface area contributed by atoms with Crippen LogP contribution in [0.2, 0.25) is 5.02 Å². The van der Waals surface area contributed by atoms with E-state index in [1.54, 1.807) is 49.2 Å². The molecule has 0 fully saturated rings. The van der Waals surface area contributed by atoms with Crippen molar-refractivity contribution in [3.63, 3.8) is 0 Å². The van der Waals surface area contributed by atoms with Crippen LogP contribution in [0.25, 0.3) is 17.2 Å². The van der Waals surface area contributed by atoms with Gasteiger partial charge in [0.2, 0.25) is 5.13 Å². The Morgan fingerprint density at radius 3 is 2.42 bits per heavy atom. The van der Waals surface area contributed by atoms with Gasteiger partial charge in [-0.05, 0) is 31.2 Å². The molecule has 0 unspecified atom stereocenters. The summed E-state index contributed by atoms with van der Waals surface area (Å²) in [6.45, 7) is 1.86. The zero-order valence-electron chi connectivity index (χ0n) is 16.8. The van der Waals surface area contributed by atoms with E-state index >= 15 is 0 Å². The minimum absolute atomic E-state index is 0.303. The second-order valence-electron chi connectivity index (χ2n) is 6.39. The number of aromatic nitrogens is 5. The van der Waals surface area contributed by atoms with Crippen LogP contribution in [-0.4, -0.2) is 44.5 Å². The zero-order chi connectivity index (χ0) is 22.0. The molecule has 9 nitrogen and oxygen atoms in total. The number of amides is 1. The van der Waals surface area contributed by atoms with Gasteiger partial charge in [0.15, 0.2) is 11.5 Å². The lowest BCUT2D eigenvalue weighted by molar-refractivity contribution is 0.102. The van der Waals surface area contributed by atoms with E-state index in [0.717, 1.165) is 22.9 Å².